The molecule has 0 unspecified atom stereocenters. The number of methoxy groups -OCH3 is 1. The first-order valence-electron chi connectivity index (χ1n) is 10.1. The molecule has 1 N–H and O–H groups in total. The summed E-state index contributed by atoms with van der Waals surface area (Å²) in [5.74, 6) is 2.71. The second-order valence-corrected chi connectivity index (χ2v) is 8.70. The number of amides is 3. The Morgan fingerprint density at radius 1 is 1.24 bits per heavy atom. The molecule has 8 nitrogen and oxygen atoms in total. The molecule has 34 heavy (non-hydrogen) atoms. The van der Waals surface area contributed by atoms with Crippen LogP contribution in [0.15, 0.2) is 45.8 Å². The fourth-order valence-electron chi connectivity index (χ4n) is 3.04. The van der Waals surface area contributed by atoms with Crippen LogP contribution in [0.1, 0.15) is 12.5 Å². The number of benzene rings is 2. The number of nitrogens with one attached hydrogen (secondary N) is 1. The van der Waals surface area contributed by atoms with E-state index in [0.29, 0.717) is 39.6 Å². The number of imide groups is 1. The molecule has 3 rings (SSSR count). The van der Waals surface area contributed by atoms with E-state index in [1.165, 1.54) is 13.2 Å². The number of hydrogen-bond donors (Lipinski definition) is 1. The number of carbonyl (C=O) groups is 3. The Bertz CT molecular complexity index is 1170. The van der Waals surface area contributed by atoms with E-state index < -0.39 is 23.6 Å². The van der Waals surface area contributed by atoms with Crippen LogP contribution in [0.3, 0.4) is 0 Å². The topological polar surface area (TPSA) is 94.2 Å². The minimum absolute atomic E-state index is 0.00791. The zero-order valence-electron chi connectivity index (χ0n) is 18.4. The molecule has 0 atom stereocenters. The summed E-state index contributed by atoms with van der Waals surface area (Å²) in [6, 6.07) is 10.2. The molecule has 1 heterocycles. The normalized spacial score (nSPS) is 14.2. The van der Waals surface area contributed by atoms with Gasteiger partial charge in [-0.05, 0) is 61.2 Å². The summed E-state index contributed by atoms with van der Waals surface area (Å²) in [5.41, 5.74) is 1.01. The average molecular weight is 545 g/mol. The van der Waals surface area contributed by atoms with Crippen molar-refractivity contribution in [1.82, 2.24) is 4.90 Å². The number of anilines is 1. The number of ether oxygens (including phenoxy) is 3. The molecule has 0 bridgehead atoms. The highest BCUT2D eigenvalue weighted by molar-refractivity contribution is 9.10. The number of hydrogen-bond acceptors (Lipinski definition) is 7. The van der Waals surface area contributed by atoms with Crippen LogP contribution in [-0.2, 0) is 9.59 Å². The zero-order chi connectivity index (χ0) is 24.7. The van der Waals surface area contributed by atoms with E-state index in [-0.39, 0.29) is 11.5 Å². The van der Waals surface area contributed by atoms with Crippen molar-refractivity contribution in [2.24, 2.45) is 0 Å². The van der Waals surface area contributed by atoms with Crippen LogP contribution in [0.5, 0.6) is 17.2 Å². The molecule has 176 valence electrons. The lowest BCUT2D eigenvalue weighted by Crippen LogP contribution is -2.36. The Labute approximate surface area is 209 Å². The van der Waals surface area contributed by atoms with Gasteiger partial charge < -0.3 is 19.5 Å². The first-order chi connectivity index (χ1) is 16.4. The van der Waals surface area contributed by atoms with Crippen LogP contribution in [0.2, 0.25) is 0 Å². The zero-order valence-corrected chi connectivity index (χ0v) is 20.8. The fraction of sp³-hybridized carbons (Fsp3) is 0.208. The van der Waals surface area contributed by atoms with Crippen molar-refractivity contribution < 1.29 is 28.6 Å². The van der Waals surface area contributed by atoms with Crippen molar-refractivity contribution in [3.05, 3.63) is 51.3 Å². The summed E-state index contributed by atoms with van der Waals surface area (Å²) < 4.78 is 17.0. The van der Waals surface area contributed by atoms with Crippen LogP contribution >= 0.6 is 27.7 Å². The smallest absolute Gasteiger partial charge is 0.294 e. The van der Waals surface area contributed by atoms with Gasteiger partial charge in [0.05, 0.1) is 18.6 Å². The van der Waals surface area contributed by atoms with Gasteiger partial charge in [0.2, 0.25) is 5.91 Å². The molecule has 3 amide bonds. The van der Waals surface area contributed by atoms with Crippen molar-refractivity contribution >= 4 is 56.5 Å². The number of terminal acetylenes is 1. The summed E-state index contributed by atoms with van der Waals surface area (Å²) in [5, 5.41) is 2.12. The monoisotopic (exact) mass is 544 g/mol. The summed E-state index contributed by atoms with van der Waals surface area (Å²) in [6.45, 7) is 1.98. The number of thioether (sulfide) groups is 1. The van der Waals surface area contributed by atoms with E-state index in [9.17, 15) is 14.4 Å². The van der Waals surface area contributed by atoms with Gasteiger partial charge in [0.15, 0.2) is 11.5 Å². The maximum absolute atomic E-state index is 12.9. The van der Waals surface area contributed by atoms with E-state index in [1.54, 1.807) is 36.4 Å². The third-order valence-electron chi connectivity index (χ3n) is 4.48. The lowest BCUT2D eigenvalue weighted by molar-refractivity contribution is -0.127. The van der Waals surface area contributed by atoms with Crippen LogP contribution in [-0.4, -0.2) is 48.8 Å². The number of rotatable bonds is 9. The van der Waals surface area contributed by atoms with Crippen molar-refractivity contribution in [2.45, 2.75) is 6.92 Å². The minimum Gasteiger partial charge on any atom is -0.494 e. The number of nitrogens with zero attached hydrogens (tertiary/aromatic N) is 1. The van der Waals surface area contributed by atoms with Gasteiger partial charge in [0, 0.05) is 15.7 Å². The van der Waals surface area contributed by atoms with Gasteiger partial charge in [-0.1, -0.05) is 21.9 Å². The molecule has 1 saturated heterocycles. The van der Waals surface area contributed by atoms with Crippen LogP contribution in [0.25, 0.3) is 6.08 Å². The predicted molar refractivity (Wildman–Crippen MR) is 134 cm³/mol. The molecule has 0 saturated carbocycles. The summed E-state index contributed by atoms with van der Waals surface area (Å²) in [4.78, 5) is 38.9. The Morgan fingerprint density at radius 3 is 2.62 bits per heavy atom. The molecule has 1 aliphatic rings. The second-order valence-electron chi connectivity index (χ2n) is 6.79. The number of carbonyl (C=O) groups excluding carboxylic acids is 3. The summed E-state index contributed by atoms with van der Waals surface area (Å²) >= 11 is 4.12. The number of halogens is 1. The van der Waals surface area contributed by atoms with Gasteiger partial charge in [-0.25, -0.2) is 0 Å². The highest BCUT2D eigenvalue weighted by atomic mass is 79.9. The SMILES string of the molecule is C#CCOc1c(/C=C2/SC(=O)N(CC(=O)Nc3ccc(OCC)cc3)C2=O)cc(Br)cc1OC. The molecule has 1 fully saturated rings. The first-order valence-corrected chi connectivity index (χ1v) is 11.7. The Balaban J connectivity index is 1.76. The third-order valence-corrected chi connectivity index (χ3v) is 5.84. The van der Waals surface area contributed by atoms with E-state index in [2.05, 4.69) is 27.2 Å². The molecule has 2 aromatic rings. The maximum atomic E-state index is 12.9. The molecular formula is C24H21BrN2O6S. The third kappa shape index (κ3) is 6.12. The lowest BCUT2D eigenvalue weighted by atomic mass is 10.1. The molecule has 0 radical (unpaired) electrons. The van der Waals surface area contributed by atoms with E-state index in [0.717, 1.165) is 16.7 Å². The van der Waals surface area contributed by atoms with Gasteiger partial charge in [0.1, 0.15) is 18.9 Å². The average Bonchev–Trinajstić information content (AvgIpc) is 3.06. The Kier molecular flexibility index (Phi) is 8.62. The quantitative estimate of drug-likeness (QED) is 0.365. The maximum Gasteiger partial charge on any atom is 0.294 e. The van der Waals surface area contributed by atoms with E-state index in [1.807, 2.05) is 6.92 Å². The van der Waals surface area contributed by atoms with Gasteiger partial charge in [-0.2, -0.15) is 0 Å². The molecule has 0 aromatic heterocycles. The van der Waals surface area contributed by atoms with Crippen molar-refractivity contribution in [3.8, 4) is 29.6 Å². The summed E-state index contributed by atoms with van der Waals surface area (Å²) in [6.07, 6.45) is 6.81. The van der Waals surface area contributed by atoms with Gasteiger partial charge in [-0.3, -0.25) is 19.3 Å². The van der Waals surface area contributed by atoms with Crippen LogP contribution in [0.4, 0.5) is 10.5 Å². The van der Waals surface area contributed by atoms with E-state index >= 15 is 0 Å². The Morgan fingerprint density at radius 2 is 1.97 bits per heavy atom. The molecular weight excluding hydrogens is 524 g/mol. The van der Waals surface area contributed by atoms with Crippen LogP contribution < -0.4 is 19.5 Å². The fourth-order valence-corrected chi connectivity index (χ4v) is 4.32. The highest BCUT2D eigenvalue weighted by Gasteiger charge is 2.36. The van der Waals surface area contributed by atoms with Crippen molar-refractivity contribution in [1.29, 1.82) is 0 Å². The Hall–Kier alpha value is -3.42. The molecule has 0 spiro atoms. The molecule has 0 aliphatic carbocycles. The highest BCUT2D eigenvalue weighted by Crippen LogP contribution is 2.39. The first kappa shape index (κ1) is 25.2. The molecule has 10 heteroatoms. The minimum atomic E-state index is -0.585. The van der Waals surface area contributed by atoms with Crippen molar-refractivity contribution in [3.63, 3.8) is 0 Å². The van der Waals surface area contributed by atoms with Gasteiger partial charge in [0.25, 0.3) is 11.1 Å². The van der Waals surface area contributed by atoms with E-state index in [4.69, 9.17) is 20.6 Å². The molecule has 1 aliphatic heterocycles. The molecule has 2 aromatic carbocycles. The summed E-state index contributed by atoms with van der Waals surface area (Å²) in [7, 11) is 1.48. The van der Waals surface area contributed by atoms with Gasteiger partial charge in [-0.15, -0.1) is 6.42 Å². The second kappa shape index (κ2) is 11.6. The van der Waals surface area contributed by atoms with Gasteiger partial charge >= 0.3 is 0 Å². The predicted octanol–water partition coefficient (Wildman–Crippen LogP) is 4.54. The van der Waals surface area contributed by atoms with Crippen LogP contribution in [0, 0.1) is 12.3 Å². The lowest BCUT2D eigenvalue weighted by Gasteiger charge is -2.14. The standard InChI is InChI=1S/C24H21BrN2O6S/c1-4-10-33-22-15(11-16(25)13-19(22)31-3)12-20-23(29)27(24(30)34-20)14-21(28)26-17-6-8-18(9-7-17)32-5-2/h1,6-9,11-13H,5,10,14H2,2-3H3,(H,26,28)/b20-12+. The van der Waals surface area contributed by atoms with Crippen molar-refractivity contribution in [2.75, 3.05) is 32.2 Å². The largest absolute Gasteiger partial charge is 0.494 e.